The van der Waals surface area contributed by atoms with Crippen molar-refractivity contribution < 1.29 is 0 Å². The molecule has 0 bridgehead atoms. The van der Waals surface area contributed by atoms with E-state index in [9.17, 15) is 0 Å². The molecule has 0 fully saturated rings. The third kappa shape index (κ3) is 2.61. The van der Waals surface area contributed by atoms with E-state index < -0.39 is 0 Å². The molecular formula is C19H20N4. The highest BCUT2D eigenvalue weighted by Gasteiger charge is 2.29. The van der Waals surface area contributed by atoms with E-state index in [0.717, 1.165) is 12.4 Å². The highest BCUT2D eigenvalue weighted by atomic mass is 15.4. The summed E-state index contributed by atoms with van der Waals surface area (Å²) in [6, 6.07) is 17.9. The number of nitrogens with zero attached hydrogens (tertiary/aromatic N) is 3. The maximum Gasteiger partial charge on any atom is 0.222 e. The fourth-order valence-electron chi connectivity index (χ4n) is 3.29. The van der Waals surface area contributed by atoms with Gasteiger partial charge in [0, 0.05) is 0 Å². The molecule has 3 aromatic rings. The number of hydrogen-bond acceptors (Lipinski definition) is 3. The van der Waals surface area contributed by atoms with E-state index in [-0.39, 0.29) is 12.1 Å². The Bertz CT molecular complexity index is 819. The molecule has 1 aliphatic rings. The lowest BCUT2D eigenvalue weighted by atomic mass is 9.92. The average molecular weight is 304 g/mol. The summed E-state index contributed by atoms with van der Waals surface area (Å²) in [7, 11) is 0. The largest absolute Gasteiger partial charge is 0.348 e. The van der Waals surface area contributed by atoms with Gasteiger partial charge in [-0.15, -0.1) is 0 Å². The Kier molecular flexibility index (Phi) is 3.37. The number of fused-ring (bicyclic) bond motifs is 1. The highest BCUT2D eigenvalue weighted by molar-refractivity contribution is 5.39. The lowest BCUT2D eigenvalue weighted by Crippen LogP contribution is -2.28. The van der Waals surface area contributed by atoms with Crippen molar-refractivity contribution in [3.8, 4) is 0 Å². The molecule has 1 N–H and O–H groups in total. The molecule has 2 aromatic carbocycles. The number of nitrogens with one attached hydrogen (secondary N) is 1. The summed E-state index contributed by atoms with van der Waals surface area (Å²) in [6.07, 6.45) is 2.59. The summed E-state index contributed by atoms with van der Waals surface area (Å²) in [5.74, 6) is 0.841. The molecule has 4 rings (SSSR count). The van der Waals surface area contributed by atoms with Gasteiger partial charge in [-0.05, 0) is 31.4 Å². The fourth-order valence-corrected chi connectivity index (χ4v) is 3.29. The van der Waals surface area contributed by atoms with Crippen LogP contribution in [0.4, 0.5) is 5.95 Å². The summed E-state index contributed by atoms with van der Waals surface area (Å²) < 4.78 is 2.00. The molecule has 4 heteroatoms. The van der Waals surface area contributed by atoms with Gasteiger partial charge in [0.15, 0.2) is 0 Å². The first-order valence-electron chi connectivity index (χ1n) is 8.00. The third-order valence-electron chi connectivity index (χ3n) is 4.54. The first kappa shape index (κ1) is 14.0. The van der Waals surface area contributed by atoms with Crippen LogP contribution in [0.1, 0.15) is 40.8 Å². The molecule has 1 aromatic heterocycles. The van der Waals surface area contributed by atoms with Crippen LogP contribution in [-0.2, 0) is 0 Å². The summed E-state index contributed by atoms with van der Waals surface area (Å²) in [5.41, 5.74) is 5.13. The number of aryl methyl sites for hydroxylation is 2. The van der Waals surface area contributed by atoms with Crippen LogP contribution < -0.4 is 5.32 Å². The van der Waals surface area contributed by atoms with E-state index in [4.69, 9.17) is 0 Å². The van der Waals surface area contributed by atoms with Crippen LogP contribution in [0.3, 0.4) is 0 Å². The lowest BCUT2D eigenvalue weighted by molar-refractivity contribution is 0.430. The SMILES string of the molecule is Cc1ccc([C@H]2C[C@@H](c3cccc(C)c3)n3ncnc3N2)cc1. The van der Waals surface area contributed by atoms with Gasteiger partial charge in [0.2, 0.25) is 5.95 Å². The number of hydrogen-bond donors (Lipinski definition) is 1. The Labute approximate surface area is 136 Å². The Hall–Kier alpha value is -2.62. The highest BCUT2D eigenvalue weighted by Crippen LogP contribution is 2.37. The normalized spacial score (nSPS) is 19.9. The van der Waals surface area contributed by atoms with Crippen LogP contribution in [0.25, 0.3) is 0 Å². The zero-order valence-electron chi connectivity index (χ0n) is 13.4. The molecule has 0 saturated heterocycles. The molecular weight excluding hydrogens is 284 g/mol. The standard InChI is InChI=1S/C19H20N4/c1-13-6-8-15(9-7-13)17-11-18(16-5-3-4-14(2)10-16)23-19(22-17)20-12-21-23/h3-10,12,17-18H,11H2,1-2H3,(H,20,21,22)/t17-,18+/m1/s1. The minimum absolute atomic E-state index is 0.208. The van der Waals surface area contributed by atoms with Crippen molar-refractivity contribution in [2.24, 2.45) is 0 Å². The zero-order chi connectivity index (χ0) is 15.8. The lowest BCUT2D eigenvalue weighted by Gasteiger charge is -2.32. The number of rotatable bonds is 2. The minimum Gasteiger partial charge on any atom is -0.348 e. The molecule has 0 amide bonds. The monoisotopic (exact) mass is 304 g/mol. The van der Waals surface area contributed by atoms with E-state index in [2.05, 4.69) is 77.8 Å². The minimum atomic E-state index is 0.208. The molecule has 0 aliphatic carbocycles. The Morgan fingerprint density at radius 3 is 2.61 bits per heavy atom. The molecule has 2 atom stereocenters. The summed E-state index contributed by atoms with van der Waals surface area (Å²) >= 11 is 0. The van der Waals surface area contributed by atoms with E-state index in [1.54, 1.807) is 6.33 Å². The van der Waals surface area contributed by atoms with E-state index in [1.807, 2.05) is 4.68 Å². The second kappa shape index (κ2) is 5.54. The van der Waals surface area contributed by atoms with Gasteiger partial charge in [0.25, 0.3) is 0 Å². The predicted molar refractivity (Wildman–Crippen MR) is 91.5 cm³/mol. The average Bonchev–Trinajstić information content (AvgIpc) is 3.03. The van der Waals surface area contributed by atoms with Crippen LogP contribution in [0.2, 0.25) is 0 Å². The summed E-state index contributed by atoms with van der Waals surface area (Å²) in [5, 5.41) is 7.95. The Balaban J connectivity index is 1.73. The van der Waals surface area contributed by atoms with Crippen LogP contribution in [-0.4, -0.2) is 14.8 Å². The van der Waals surface area contributed by atoms with Gasteiger partial charge < -0.3 is 5.32 Å². The van der Waals surface area contributed by atoms with Gasteiger partial charge in [-0.1, -0.05) is 59.7 Å². The maximum atomic E-state index is 4.43. The molecule has 1 aliphatic heterocycles. The van der Waals surface area contributed by atoms with E-state index in [1.165, 1.54) is 22.3 Å². The Morgan fingerprint density at radius 1 is 1.00 bits per heavy atom. The second-order valence-corrected chi connectivity index (χ2v) is 6.30. The Morgan fingerprint density at radius 2 is 1.83 bits per heavy atom. The van der Waals surface area contributed by atoms with Gasteiger partial charge in [-0.3, -0.25) is 0 Å². The molecule has 0 unspecified atom stereocenters. The molecule has 23 heavy (non-hydrogen) atoms. The predicted octanol–water partition coefficient (Wildman–Crippen LogP) is 4.04. The van der Waals surface area contributed by atoms with Gasteiger partial charge >= 0.3 is 0 Å². The van der Waals surface area contributed by atoms with Crippen molar-refractivity contribution in [3.05, 3.63) is 77.1 Å². The van der Waals surface area contributed by atoms with Gasteiger partial charge in [-0.25, -0.2) is 4.68 Å². The van der Waals surface area contributed by atoms with Gasteiger partial charge in [-0.2, -0.15) is 10.1 Å². The summed E-state index contributed by atoms with van der Waals surface area (Å²) in [6.45, 7) is 4.24. The summed E-state index contributed by atoms with van der Waals surface area (Å²) in [4.78, 5) is 4.39. The van der Waals surface area contributed by atoms with Crippen molar-refractivity contribution >= 4 is 5.95 Å². The molecule has 0 saturated carbocycles. The van der Waals surface area contributed by atoms with E-state index >= 15 is 0 Å². The fraction of sp³-hybridized carbons (Fsp3) is 0.263. The second-order valence-electron chi connectivity index (χ2n) is 6.30. The zero-order valence-corrected chi connectivity index (χ0v) is 13.4. The van der Waals surface area contributed by atoms with Crippen molar-refractivity contribution in [1.29, 1.82) is 0 Å². The topological polar surface area (TPSA) is 42.7 Å². The van der Waals surface area contributed by atoms with Crippen molar-refractivity contribution in [1.82, 2.24) is 14.8 Å². The molecule has 4 nitrogen and oxygen atoms in total. The third-order valence-corrected chi connectivity index (χ3v) is 4.54. The van der Waals surface area contributed by atoms with Crippen molar-refractivity contribution in [2.75, 3.05) is 5.32 Å². The first-order chi connectivity index (χ1) is 11.2. The molecule has 0 radical (unpaired) electrons. The first-order valence-corrected chi connectivity index (χ1v) is 8.00. The molecule has 116 valence electrons. The van der Waals surface area contributed by atoms with Gasteiger partial charge in [0.05, 0.1) is 12.1 Å². The van der Waals surface area contributed by atoms with Crippen molar-refractivity contribution in [3.63, 3.8) is 0 Å². The number of aromatic nitrogens is 3. The molecule has 0 spiro atoms. The van der Waals surface area contributed by atoms with Crippen LogP contribution in [0, 0.1) is 13.8 Å². The van der Waals surface area contributed by atoms with Crippen LogP contribution >= 0.6 is 0 Å². The number of anilines is 1. The quantitative estimate of drug-likeness (QED) is 0.777. The van der Waals surface area contributed by atoms with E-state index in [0.29, 0.717) is 0 Å². The van der Waals surface area contributed by atoms with Crippen LogP contribution in [0.5, 0.6) is 0 Å². The molecule has 2 heterocycles. The maximum absolute atomic E-state index is 4.43. The van der Waals surface area contributed by atoms with Gasteiger partial charge in [0.1, 0.15) is 6.33 Å². The smallest absolute Gasteiger partial charge is 0.222 e. The van der Waals surface area contributed by atoms with Crippen molar-refractivity contribution in [2.45, 2.75) is 32.4 Å². The number of benzene rings is 2. The van der Waals surface area contributed by atoms with Crippen LogP contribution in [0.15, 0.2) is 54.9 Å².